The highest BCUT2D eigenvalue weighted by Gasteiger charge is 2.20. The molecule has 30 heavy (non-hydrogen) atoms. The Morgan fingerprint density at radius 3 is 1.97 bits per heavy atom. The van der Waals surface area contributed by atoms with Crippen molar-refractivity contribution in [1.82, 2.24) is 10.2 Å². The lowest BCUT2D eigenvalue weighted by atomic mass is 9.88. The Hall–Kier alpha value is -3.11. The van der Waals surface area contributed by atoms with E-state index in [1.54, 1.807) is 7.11 Å². The summed E-state index contributed by atoms with van der Waals surface area (Å²) in [5, 5.41) is 3.15. The highest BCUT2D eigenvalue weighted by Crippen LogP contribution is 2.28. The highest BCUT2D eigenvalue weighted by atomic mass is 16.5. The minimum atomic E-state index is 0.0297. The number of carbonyl (C=O) groups excluding carboxylic acids is 1. The molecule has 0 bridgehead atoms. The minimum Gasteiger partial charge on any atom is -0.497 e. The third-order valence-electron chi connectivity index (χ3n) is 5.39. The average Bonchev–Trinajstić information content (AvgIpc) is 2.78. The van der Waals surface area contributed by atoms with Crippen LogP contribution >= 0.6 is 0 Å². The summed E-state index contributed by atoms with van der Waals surface area (Å²) >= 11 is 0. The van der Waals surface area contributed by atoms with E-state index in [4.69, 9.17) is 4.74 Å². The van der Waals surface area contributed by atoms with Gasteiger partial charge in [0, 0.05) is 18.9 Å². The molecule has 0 radical (unpaired) electrons. The third-order valence-corrected chi connectivity index (χ3v) is 5.39. The van der Waals surface area contributed by atoms with E-state index >= 15 is 0 Å². The number of nitrogens with zero attached hydrogens (tertiary/aromatic N) is 1. The number of nitrogens with one attached hydrogen (secondary N) is 1. The predicted octanol–water partition coefficient (Wildman–Crippen LogP) is 4.64. The lowest BCUT2D eigenvalue weighted by Gasteiger charge is -2.26. The van der Waals surface area contributed by atoms with E-state index in [1.165, 1.54) is 0 Å². The molecule has 3 aromatic rings. The zero-order valence-corrected chi connectivity index (χ0v) is 17.9. The van der Waals surface area contributed by atoms with E-state index in [2.05, 4.69) is 40.5 Å². The molecule has 0 aliphatic carbocycles. The number of ether oxygens (including phenoxy) is 1. The standard InChI is InChI=1S/C26H30N2O2/c1-28(2)25(22-15-10-16-23(17-22)30-3)19-27-26(29)18-24(20-11-6-4-7-12-20)21-13-8-5-9-14-21/h4-17,24-25H,18-19H2,1-3H3,(H,27,29)/t25-/m0/s1. The number of benzene rings is 3. The molecule has 1 amide bonds. The molecule has 0 fully saturated rings. The molecule has 0 aliphatic rings. The number of carbonyl (C=O) groups is 1. The third kappa shape index (κ3) is 5.71. The normalized spacial score (nSPS) is 12.0. The second kappa shape index (κ2) is 10.6. The molecule has 4 heteroatoms. The maximum atomic E-state index is 12.9. The molecule has 0 spiro atoms. The summed E-state index contributed by atoms with van der Waals surface area (Å²) in [5.41, 5.74) is 3.41. The second-order valence-electron chi connectivity index (χ2n) is 7.64. The van der Waals surface area contributed by atoms with Crippen molar-refractivity contribution in [2.45, 2.75) is 18.4 Å². The Balaban J connectivity index is 1.71. The van der Waals surface area contributed by atoms with Crippen molar-refractivity contribution in [1.29, 1.82) is 0 Å². The zero-order chi connectivity index (χ0) is 21.3. The van der Waals surface area contributed by atoms with E-state index in [9.17, 15) is 4.79 Å². The van der Waals surface area contributed by atoms with E-state index in [1.807, 2.05) is 68.7 Å². The minimum absolute atomic E-state index is 0.0297. The van der Waals surface area contributed by atoms with Gasteiger partial charge < -0.3 is 15.0 Å². The quantitative estimate of drug-likeness (QED) is 0.567. The number of hydrogen-bond donors (Lipinski definition) is 1. The first kappa shape index (κ1) is 21.6. The van der Waals surface area contributed by atoms with Gasteiger partial charge >= 0.3 is 0 Å². The van der Waals surface area contributed by atoms with Gasteiger partial charge in [-0.2, -0.15) is 0 Å². The van der Waals surface area contributed by atoms with Gasteiger partial charge in [-0.25, -0.2) is 0 Å². The van der Waals surface area contributed by atoms with Crippen LogP contribution in [0.2, 0.25) is 0 Å². The molecule has 4 nitrogen and oxygen atoms in total. The summed E-state index contributed by atoms with van der Waals surface area (Å²) in [6, 6.07) is 28.5. The molecule has 0 saturated carbocycles. The van der Waals surface area contributed by atoms with Crippen LogP contribution in [0.15, 0.2) is 84.9 Å². The summed E-state index contributed by atoms with van der Waals surface area (Å²) in [6.45, 7) is 0.537. The molecular formula is C26H30N2O2. The molecule has 0 heterocycles. The summed E-state index contributed by atoms with van der Waals surface area (Å²) in [4.78, 5) is 15.0. The van der Waals surface area contributed by atoms with Crippen molar-refractivity contribution in [2.75, 3.05) is 27.7 Å². The van der Waals surface area contributed by atoms with Gasteiger partial charge in [-0.15, -0.1) is 0 Å². The van der Waals surface area contributed by atoms with Crippen LogP contribution < -0.4 is 10.1 Å². The average molecular weight is 403 g/mol. The van der Waals surface area contributed by atoms with Crippen molar-refractivity contribution in [3.05, 3.63) is 102 Å². The molecule has 0 aliphatic heterocycles. The first-order valence-electron chi connectivity index (χ1n) is 10.3. The van der Waals surface area contributed by atoms with Gasteiger partial charge in [-0.3, -0.25) is 4.79 Å². The van der Waals surface area contributed by atoms with Gasteiger partial charge in [0.25, 0.3) is 0 Å². The SMILES string of the molecule is COc1cccc([C@H](CNC(=O)CC(c2ccccc2)c2ccccc2)N(C)C)c1. The van der Waals surface area contributed by atoms with E-state index in [-0.39, 0.29) is 17.9 Å². The molecule has 3 rings (SSSR count). The zero-order valence-electron chi connectivity index (χ0n) is 17.9. The molecule has 156 valence electrons. The number of likely N-dealkylation sites (N-methyl/N-ethyl adjacent to an activating group) is 1. The number of amides is 1. The lowest BCUT2D eigenvalue weighted by Crippen LogP contribution is -2.35. The summed E-state index contributed by atoms with van der Waals surface area (Å²) < 4.78 is 5.36. The Bertz CT molecular complexity index is 887. The van der Waals surface area contributed by atoms with Crippen molar-refractivity contribution in [2.24, 2.45) is 0 Å². The van der Waals surface area contributed by atoms with Crippen LogP contribution in [-0.2, 0) is 4.79 Å². The second-order valence-corrected chi connectivity index (χ2v) is 7.64. The van der Waals surface area contributed by atoms with E-state index in [0.29, 0.717) is 13.0 Å². The smallest absolute Gasteiger partial charge is 0.221 e. The van der Waals surface area contributed by atoms with Gasteiger partial charge in [-0.05, 0) is 42.9 Å². The summed E-state index contributed by atoms with van der Waals surface area (Å²) in [5.74, 6) is 0.892. The molecule has 0 aromatic heterocycles. The predicted molar refractivity (Wildman–Crippen MR) is 122 cm³/mol. The van der Waals surface area contributed by atoms with Crippen molar-refractivity contribution >= 4 is 5.91 Å². The van der Waals surface area contributed by atoms with Crippen LogP contribution in [0.3, 0.4) is 0 Å². The maximum Gasteiger partial charge on any atom is 0.221 e. The van der Waals surface area contributed by atoms with E-state index < -0.39 is 0 Å². The van der Waals surface area contributed by atoms with Crippen LogP contribution in [0.1, 0.15) is 35.1 Å². The largest absolute Gasteiger partial charge is 0.497 e. The Morgan fingerprint density at radius 1 is 0.867 bits per heavy atom. The Kier molecular flexibility index (Phi) is 7.63. The molecule has 1 N–H and O–H groups in total. The van der Waals surface area contributed by atoms with Crippen LogP contribution in [-0.4, -0.2) is 38.6 Å². The Morgan fingerprint density at radius 2 is 1.43 bits per heavy atom. The number of methoxy groups -OCH3 is 1. The maximum absolute atomic E-state index is 12.9. The Labute approximate surface area is 179 Å². The fourth-order valence-corrected chi connectivity index (χ4v) is 3.71. The lowest BCUT2D eigenvalue weighted by molar-refractivity contribution is -0.121. The fourth-order valence-electron chi connectivity index (χ4n) is 3.71. The van der Waals surface area contributed by atoms with Crippen LogP contribution in [0.4, 0.5) is 0 Å². The van der Waals surface area contributed by atoms with Gasteiger partial charge in [0.1, 0.15) is 5.75 Å². The summed E-state index contributed by atoms with van der Waals surface area (Å²) in [7, 11) is 5.71. The van der Waals surface area contributed by atoms with Crippen LogP contribution in [0, 0.1) is 0 Å². The first-order valence-corrected chi connectivity index (χ1v) is 10.3. The molecule has 1 atom stereocenters. The molecule has 0 saturated heterocycles. The van der Waals surface area contributed by atoms with Gasteiger partial charge in [-0.1, -0.05) is 72.8 Å². The van der Waals surface area contributed by atoms with Crippen molar-refractivity contribution < 1.29 is 9.53 Å². The molecule has 3 aromatic carbocycles. The number of rotatable bonds is 9. The molecular weight excluding hydrogens is 372 g/mol. The summed E-state index contributed by atoms with van der Waals surface area (Å²) in [6.07, 6.45) is 0.409. The van der Waals surface area contributed by atoms with Gasteiger partial charge in [0.05, 0.1) is 13.2 Å². The number of hydrogen-bond acceptors (Lipinski definition) is 3. The topological polar surface area (TPSA) is 41.6 Å². The van der Waals surface area contributed by atoms with Crippen LogP contribution in [0.25, 0.3) is 0 Å². The van der Waals surface area contributed by atoms with E-state index in [0.717, 1.165) is 22.4 Å². The van der Waals surface area contributed by atoms with Crippen LogP contribution in [0.5, 0.6) is 5.75 Å². The first-order chi connectivity index (χ1) is 14.6. The van der Waals surface area contributed by atoms with Crippen molar-refractivity contribution in [3.8, 4) is 5.75 Å². The van der Waals surface area contributed by atoms with Crippen molar-refractivity contribution in [3.63, 3.8) is 0 Å². The monoisotopic (exact) mass is 402 g/mol. The highest BCUT2D eigenvalue weighted by molar-refractivity contribution is 5.77. The fraction of sp³-hybridized carbons (Fsp3) is 0.269. The molecule has 0 unspecified atom stereocenters. The van der Waals surface area contributed by atoms with Gasteiger partial charge in [0.2, 0.25) is 5.91 Å². The van der Waals surface area contributed by atoms with Gasteiger partial charge in [0.15, 0.2) is 0 Å².